The van der Waals surface area contributed by atoms with Gasteiger partial charge >= 0.3 is 30.6 Å². The molecular formula is C29H35NOSiTi+2. The van der Waals surface area contributed by atoms with Gasteiger partial charge in [-0.25, -0.2) is 0 Å². The maximum atomic E-state index is 13.1. The van der Waals surface area contributed by atoms with Gasteiger partial charge in [0.15, 0.2) is 0 Å². The third kappa shape index (κ3) is 6.29. The minimum absolute atomic E-state index is 0. The molecule has 0 aliphatic heterocycles. The number of benzene rings is 2. The van der Waals surface area contributed by atoms with Gasteiger partial charge in [-0.15, -0.1) is 0 Å². The van der Waals surface area contributed by atoms with E-state index in [1.165, 1.54) is 39.0 Å². The van der Waals surface area contributed by atoms with Gasteiger partial charge in [0.1, 0.15) is 0 Å². The van der Waals surface area contributed by atoms with Crippen molar-refractivity contribution in [2.75, 3.05) is 7.05 Å². The van der Waals surface area contributed by atoms with E-state index in [0.29, 0.717) is 6.04 Å². The van der Waals surface area contributed by atoms with Gasteiger partial charge in [0.2, 0.25) is 0 Å². The van der Waals surface area contributed by atoms with Crippen molar-refractivity contribution >= 4 is 20.0 Å². The average molecular weight is 490 g/mol. The molecule has 0 heterocycles. The van der Waals surface area contributed by atoms with Crippen LogP contribution >= 0.6 is 0 Å². The molecule has 0 spiro atoms. The molecule has 2 aromatic rings. The summed E-state index contributed by atoms with van der Waals surface area (Å²) in [4.78, 5) is 0. The van der Waals surface area contributed by atoms with Crippen LogP contribution in [0.15, 0.2) is 85.0 Å². The molecule has 0 radical (unpaired) electrons. The molecule has 2 aliphatic rings. The van der Waals surface area contributed by atoms with Crippen LogP contribution in [0.4, 0.5) is 0 Å². The van der Waals surface area contributed by atoms with Crippen LogP contribution in [-0.2, 0) is 32.6 Å². The quantitative estimate of drug-likeness (QED) is 0.334. The molecule has 4 rings (SSSR count). The predicted octanol–water partition coefficient (Wildman–Crippen LogP) is 7.23. The molecule has 0 bridgehead atoms. The molecular weight excluding hydrogens is 454 g/mol. The van der Waals surface area contributed by atoms with Crippen molar-refractivity contribution in [3.05, 3.63) is 107 Å². The van der Waals surface area contributed by atoms with Gasteiger partial charge in [-0.3, -0.25) is 0 Å². The molecule has 2 aromatic carbocycles. The van der Waals surface area contributed by atoms with Crippen molar-refractivity contribution in [1.29, 1.82) is 0 Å². The molecule has 168 valence electrons. The second-order valence-electron chi connectivity index (χ2n) is 9.35. The van der Waals surface area contributed by atoms with Crippen LogP contribution in [0.5, 0.6) is 0 Å². The molecule has 0 aromatic heterocycles. The van der Waals surface area contributed by atoms with Crippen molar-refractivity contribution < 1.29 is 26.2 Å². The minimum atomic E-state index is -1.86. The van der Waals surface area contributed by atoms with E-state index in [4.69, 9.17) is 0 Å². The SMILES string of the molecule is C=CC=CC.CN([Si](=O)CC1=C2C(=CC1)c1ccccc1Cc1ccccc12)C(C)(C)C.[Ti+2]. The van der Waals surface area contributed by atoms with Crippen molar-refractivity contribution in [2.45, 2.75) is 52.1 Å². The Balaban J connectivity index is 0.000000583. The van der Waals surface area contributed by atoms with E-state index in [1.807, 2.05) is 26.1 Å². The Kier molecular flexibility index (Phi) is 9.78. The molecule has 4 heteroatoms. The Hall–Kier alpha value is -2.07. The van der Waals surface area contributed by atoms with Crippen LogP contribution in [0.3, 0.4) is 0 Å². The van der Waals surface area contributed by atoms with Gasteiger partial charge in [-0.05, 0) is 73.9 Å². The van der Waals surface area contributed by atoms with E-state index >= 15 is 0 Å². The van der Waals surface area contributed by atoms with Crippen molar-refractivity contribution in [1.82, 2.24) is 4.57 Å². The smallest absolute Gasteiger partial charge is 0.375 e. The first kappa shape index (κ1) is 27.2. The summed E-state index contributed by atoms with van der Waals surface area (Å²) < 4.78 is 15.2. The van der Waals surface area contributed by atoms with Gasteiger partial charge in [0, 0.05) is 18.6 Å². The summed E-state index contributed by atoms with van der Waals surface area (Å²) in [5.74, 6) is 0. The standard InChI is InChI=1S/C24H27NOSi.C5H8.Ti/c1-24(2,3)25(4)27(26)16-19-13-14-22-20-11-7-5-9-17(20)15-18-10-6-8-12-21(18)23(19)22;1-3-5-4-2;/h5-12,14H,13,15-16H2,1-4H3;3-5H,1H2,2H3;/q;;+2. The summed E-state index contributed by atoms with van der Waals surface area (Å²) in [6.07, 6.45) is 9.78. The molecule has 0 N–H and O–H groups in total. The molecule has 0 unspecified atom stereocenters. The Bertz CT molecular complexity index is 1100. The second kappa shape index (κ2) is 11.9. The first-order valence-electron chi connectivity index (χ1n) is 11.4. The zero-order valence-electron chi connectivity index (χ0n) is 20.6. The third-order valence-corrected chi connectivity index (χ3v) is 8.37. The first-order valence-corrected chi connectivity index (χ1v) is 12.9. The zero-order valence-corrected chi connectivity index (χ0v) is 23.2. The van der Waals surface area contributed by atoms with Crippen LogP contribution in [0, 0.1) is 0 Å². The molecule has 2 nitrogen and oxygen atoms in total. The summed E-state index contributed by atoms with van der Waals surface area (Å²) in [6, 6.07) is 18.1. The Labute approximate surface area is 216 Å². The van der Waals surface area contributed by atoms with Crippen LogP contribution in [0.1, 0.15) is 56.4 Å². The van der Waals surface area contributed by atoms with Gasteiger partial charge in [0.05, 0.1) is 0 Å². The Morgan fingerprint density at radius 3 is 2.15 bits per heavy atom. The van der Waals surface area contributed by atoms with Crippen LogP contribution < -0.4 is 0 Å². The van der Waals surface area contributed by atoms with E-state index in [1.54, 1.807) is 6.08 Å². The van der Waals surface area contributed by atoms with Gasteiger partial charge in [-0.2, -0.15) is 0 Å². The van der Waals surface area contributed by atoms with Crippen LogP contribution in [0.2, 0.25) is 6.04 Å². The predicted molar refractivity (Wildman–Crippen MR) is 139 cm³/mol. The fourth-order valence-corrected chi connectivity index (χ4v) is 5.90. The summed E-state index contributed by atoms with van der Waals surface area (Å²) >= 11 is 0. The second-order valence-corrected chi connectivity index (χ2v) is 11.2. The first-order chi connectivity index (χ1) is 15.3. The van der Waals surface area contributed by atoms with Crippen molar-refractivity contribution in [3.8, 4) is 0 Å². The summed E-state index contributed by atoms with van der Waals surface area (Å²) in [5.41, 5.74) is 9.32. The molecule has 0 fully saturated rings. The van der Waals surface area contributed by atoms with E-state index < -0.39 is 8.84 Å². The monoisotopic (exact) mass is 489 g/mol. The largest absolute Gasteiger partial charge is 2.00 e. The molecule has 0 amide bonds. The van der Waals surface area contributed by atoms with E-state index in [-0.39, 0.29) is 27.3 Å². The molecule has 0 saturated carbocycles. The van der Waals surface area contributed by atoms with E-state index in [9.17, 15) is 4.46 Å². The minimum Gasteiger partial charge on any atom is -0.375 e. The fraction of sp³-hybridized carbons (Fsp3) is 0.310. The summed E-state index contributed by atoms with van der Waals surface area (Å²) in [7, 11) is 0.137. The molecule has 2 aliphatic carbocycles. The average Bonchev–Trinajstić information content (AvgIpc) is 3.11. The van der Waals surface area contributed by atoms with Crippen molar-refractivity contribution in [2.24, 2.45) is 0 Å². The normalized spacial score (nSPS) is 14.0. The number of rotatable bonds is 4. The fourth-order valence-electron chi connectivity index (χ4n) is 4.23. The van der Waals surface area contributed by atoms with E-state index in [0.717, 1.165) is 12.8 Å². The molecule has 0 saturated heterocycles. The number of hydrogen-bond donors (Lipinski definition) is 0. The molecule has 33 heavy (non-hydrogen) atoms. The van der Waals surface area contributed by atoms with Gasteiger partial charge in [0.25, 0.3) is 0 Å². The van der Waals surface area contributed by atoms with Crippen LogP contribution in [0.25, 0.3) is 11.1 Å². The number of nitrogens with zero attached hydrogens (tertiary/aromatic N) is 1. The third-order valence-electron chi connectivity index (χ3n) is 6.22. The van der Waals surface area contributed by atoms with E-state index in [2.05, 4.69) is 86.5 Å². The maximum Gasteiger partial charge on any atom is 2.00 e. The van der Waals surface area contributed by atoms with Gasteiger partial charge in [-0.1, -0.05) is 85.0 Å². The maximum absolute atomic E-state index is 13.1. The van der Waals surface area contributed by atoms with Crippen molar-refractivity contribution in [3.63, 3.8) is 0 Å². The summed E-state index contributed by atoms with van der Waals surface area (Å²) in [5, 5.41) is 0. The van der Waals surface area contributed by atoms with Gasteiger partial charge < -0.3 is 9.03 Å². The number of hydrogen-bond acceptors (Lipinski definition) is 1. The molecule has 0 atom stereocenters. The number of fused-ring (bicyclic) bond motifs is 5. The Morgan fingerprint density at radius 2 is 1.61 bits per heavy atom. The zero-order chi connectivity index (χ0) is 23.3. The topological polar surface area (TPSA) is 20.3 Å². The van der Waals surface area contributed by atoms with Crippen LogP contribution in [-0.4, -0.2) is 26.0 Å². The Morgan fingerprint density at radius 1 is 1.03 bits per heavy atom. The number of allylic oxidation sites excluding steroid dienone is 7. The summed E-state index contributed by atoms with van der Waals surface area (Å²) in [6.45, 7) is 11.8.